The van der Waals surface area contributed by atoms with Crippen LogP contribution < -0.4 is 5.32 Å². The number of carbonyl (C=O) groups is 2. The van der Waals surface area contributed by atoms with Crippen molar-refractivity contribution >= 4 is 32.4 Å². The van der Waals surface area contributed by atoms with Crippen molar-refractivity contribution in [3.8, 4) is 0 Å². The van der Waals surface area contributed by atoms with E-state index >= 15 is 0 Å². The Labute approximate surface area is 134 Å². The van der Waals surface area contributed by atoms with Crippen LogP contribution in [0.3, 0.4) is 0 Å². The van der Waals surface area contributed by atoms with Gasteiger partial charge in [0, 0.05) is 28.7 Å². The minimum absolute atomic E-state index is 0.00383. The fourth-order valence-electron chi connectivity index (χ4n) is 3.00. The third-order valence-corrected chi connectivity index (χ3v) is 5.85. The number of benzene rings is 1. The van der Waals surface area contributed by atoms with E-state index < -0.39 is 9.84 Å². The molecule has 23 heavy (non-hydrogen) atoms. The van der Waals surface area contributed by atoms with Crippen LogP contribution in [0.25, 0.3) is 10.9 Å². The number of ketones is 1. The van der Waals surface area contributed by atoms with Gasteiger partial charge in [-0.15, -0.1) is 0 Å². The number of nitrogens with one attached hydrogen (secondary N) is 1. The van der Waals surface area contributed by atoms with Gasteiger partial charge >= 0.3 is 0 Å². The first-order chi connectivity index (χ1) is 10.9. The molecule has 1 amide bonds. The van der Waals surface area contributed by atoms with Crippen LogP contribution in [0.2, 0.25) is 0 Å². The van der Waals surface area contributed by atoms with Gasteiger partial charge < -0.3 is 9.88 Å². The molecule has 1 aliphatic rings. The molecule has 7 heteroatoms. The van der Waals surface area contributed by atoms with Crippen molar-refractivity contribution in [2.24, 2.45) is 0 Å². The van der Waals surface area contributed by atoms with Gasteiger partial charge in [-0.2, -0.15) is 0 Å². The molecule has 1 aromatic carbocycles. The Morgan fingerprint density at radius 1 is 1.30 bits per heavy atom. The van der Waals surface area contributed by atoms with Crippen molar-refractivity contribution in [2.75, 3.05) is 11.5 Å². The number of hydrogen-bond donors (Lipinski definition) is 1. The average molecular weight is 334 g/mol. The summed E-state index contributed by atoms with van der Waals surface area (Å²) in [6.45, 7) is 1.56. The molecule has 3 rings (SSSR count). The van der Waals surface area contributed by atoms with E-state index in [0.717, 1.165) is 10.9 Å². The maximum atomic E-state index is 12.2. The first-order valence-electron chi connectivity index (χ1n) is 7.44. The van der Waals surface area contributed by atoms with Crippen LogP contribution in [0.4, 0.5) is 0 Å². The highest BCUT2D eigenvalue weighted by molar-refractivity contribution is 7.91. The van der Waals surface area contributed by atoms with Gasteiger partial charge in [-0.25, -0.2) is 8.42 Å². The molecule has 1 N–H and O–H groups in total. The second-order valence-corrected chi connectivity index (χ2v) is 8.14. The maximum Gasteiger partial charge on any atom is 0.240 e. The first kappa shape index (κ1) is 15.7. The molecular weight excluding hydrogens is 316 g/mol. The number of carbonyl (C=O) groups excluding carboxylic acids is 2. The smallest absolute Gasteiger partial charge is 0.240 e. The lowest BCUT2D eigenvalue weighted by Gasteiger charge is -2.11. The number of aromatic nitrogens is 1. The zero-order valence-electron chi connectivity index (χ0n) is 12.8. The summed E-state index contributed by atoms with van der Waals surface area (Å²) in [5.74, 6) is -0.173. The SMILES string of the molecule is CC(=O)c1cn(CC(=O)N[C@H]2CCS(=O)(=O)C2)c2ccccc12. The zero-order valence-corrected chi connectivity index (χ0v) is 13.6. The number of rotatable bonds is 4. The predicted molar refractivity (Wildman–Crippen MR) is 87.1 cm³/mol. The van der Waals surface area contributed by atoms with Crippen molar-refractivity contribution in [1.29, 1.82) is 0 Å². The van der Waals surface area contributed by atoms with Crippen LogP contribution >= 0.6 is 0 Å². The Morgan fingerprint density at radius 2 is 2.04 bits per heavy atom. The number of hydrogen-bond acceptors (Lipinski definition) is 4. The number of para-hydroxylation sites is 1. The van der Waals surface area contributed by atoms with Gasteiger partial charge in [0.05, 0.1) is 11.5 Å². The number of fused-ring (bicyclic) bond motifs is 1. The summed E-state index contributed by atoms with van der Waals surface area (Å²) in [6.07, 6.45) is 2.14. The lowest BCUT2D eigenvalue weighted by Crippen LogP contribution is -2.37. The standard InChI is InChI=1S/C16H18N2O4S/c1-11(19)14-8-18(15-5-3-2-4-13(14)15)9-16(20)17-12-6-7-23(21,22)10-12/h2-5,8,12H,6-7,9-10H2,1H3,(H,17,20)/t12-/m0/s1. The lowest BCUT2D eigenvalue weighted by molar-refractivity contribution is -0.122. The molecule has 0 radical (unpaired) electrons. The molecule has 2 heterocycles. The minimum atomic E-state index is -3.02. The van der Waals surface area contributed by atoms with Gasteiger partial charge in [-0.05, 0) is 19.4 Å². The van der Waals surface area contributed by atoms with E-state index in [-0.39, 0.29) is 35.8 Å². The molecule has 1 fully saturated rings. The highest BCUT2D eigenvalue weighted by atomic mass is 32.2. The zero-order chi connectivity index (χ0) is 16.6. The monoisotopic (exact) mass is 334 g/mol. The van der Waals surface area contributed by atoms with Crippen molar-refractivity contribution < 1.29 is 18.0 Å². The van der Waals surface area contributed by atoms with Gasteiger partial charge in [0.25, 0.3) is 0 Å². The number of nitrogens with zero attached hydrogens (tertiary/aromatic N) is 1. The molecule has 1 aromatic heterocycles. The van der Waals surface area contributed by atoms with Crippen molar-refractivity contribution in [2.45, 2.75) is 25.9 Å². The second-order valence-electron chi connectivity index (χ2n) is 5.91. The molecule has 6 nitrogen and oxygen atoms in total. The number of sulfone groups is 1. The molecule has 0 saturated carbocycles. The summed E-state index contributed by atoms with van der Waals surface area (Å²) in [5.41, 5.74) is 1.39. The van der Waals surface area contributed by atoms with E-state index in [9.17, 15) is 18.0 Å². The van der Waals surface area contributed by atoms with Crippen LogP contribution in [0.15, 0.2) is 30.5 Å². The van der Waals surface area contributed by atoms with Gasteiger partial charge in [-0.3, -0.25) is 9.59 Å². The van der Waals surface area contributed by atoms with Gasteiger partial charge in [-0.1, -0.05) is 18.2 Å². The van der Waals surface area contributed by atoms with E-state index in [4.69, 9.17) is 0 Å². The summed E-state index contributed by atoms with van der Waals surface area (Å²) >= 11 is 0. The summed E-state index contributed by atoms with van der Waals surface area (Å²) in [4.78, 5) is 23.9. The average Bonchev–Trinajstić information content (AvgIpc) is 3.00. The molecule has 1 aliphatic heterocycles. The summed E-state index contributed by atoms with van der Waals surface area (Å²) in [7, 11) is -3.02. The molecular formula is C16H18N2O4S. The molecule has 0 aliphatic carbocycles. The van der Waals surface area contributed by atoms with Gasteiger partial charge in [0.1, 0.15) is 6.54 Å². The van der Waals surface area contributed by atoms with Crippen molar-refractivity contribution in [3.63, 3.8) is 0 Å². The van der Waals surface area contributed by atoms with E-state index in [1.54, 1.807) is 10.8 Å². The Balaban J connectivity index is 1.79. The molecule has 1 saturated heterocycles. The Bertz CT molecular complexity index is 883. The van der Waals surface area contributed by atoms with Crippen molar-refractivity contribution in [3.05, 3.63) is 36.0 Å². The fraction of sp³-hybridized carbons (Fsp3) is 0.375. The molecule has 0 unspecified atom stereocenters. The lowest BCUT2D eigenvalue weighted by atomic mass is 10.1. The van der Waals surface area contributed by atoms with Crippen LogP contribution in [-0.2, 0) is 21.2 Å². The summed E-state index contributed by atoms with van der Waals surface area (Å²) in [5, 5.41) is 3.58. The molecule has 1 atom stereocenters. The first-order valence-corrected chi connectivity index (χ1v) is 9.26. The largest absolute Gasteiger partial charge is 0.351 e. The fourth-order valence-corrected chi connectivity index (χ4v) is 4.67. The van der Waals surface area contributed by atoms with Crippen LogP contribution in [-0.4, -0.2) is 42.2 Å². The van der Waals surface area contributed by atoms with Gasteiger partial charge in [0.2, 0.25) is 5.91 Å². The molecule has 122 valence electrons. The molecule has 0 bridgehead atoms. The highest BCUT2D eigenvalue weighted by Crippen LogP contribution is 2.21. The number of amides is 1. The Hall–Kier alpha value is -2.15. The maximum absolute atomic E-state index is 12.2. The van der Waals surface area contributed by atoms with E-state index in [1.165, 1.54) is 6.92 Å². The Morgan fingerprint density at radius 3 is 2.70 bits per heavy atom. The normalized spacial score (nSPS) is 19.8. The van der Waals surface area contributed by atoms with Crippen LogP contribution in [0.5, 0.6) is 0 Å². The van der Waals surface area contributed by atoms with Crippen molar-refractivity contribution in [1.82, 2.24) is 9.88 Å². The molecule has 2 aromatic rings. The molecule has 0 spiro atoms. The predicted octanol–water partition coefficient (Wildman–Crippen LogP) is 1.15. The topological polar surface area (TPSA) is 85.2 Å². The van der Waals surface area contributed by atoms with E-state index in [2.05, 4.69) is 5.32 Å². The Kier molecular flexibility index (Phi) is 3.97. The summed E-state index contributed by atoms with van der Waals surface area (Å²) < 4.78 is 24.6. The third-order valence-electron chi connectivity index (χ3n) is 4.08. The third kappa shape index (κ3) is 3.29. The van der Waals surface area contributed by atoms with E-state index in [1.807, 2.05) is 24.3 Å². The number of Topliss-reactive ketones (excluding diaryl/α,β-unsaturated/α-hetero) is 1. The van der Waals surface area contributed by atoms with E-state index in [0.29, 0.717) is 12.0 Å². The summed E-state index contributed by atoms with van der Waals surface area (Å²) in [6, 6.07) is 7.09. The second kappa shape index (κ2) is 5.81. The van der Waals surface area contributed by atoms with Gasteiger partial charge in [0.15, 0.2) is 15.6 Å². The van der Waals surface area contributed by atoms with Crippen LogP contribution in [0.1, 0.15) is 23.7 Å². The quantitative estimate of drug-likeness (QED) is 0.850. The minimum Gasteiger partial charge on any atom is -0.351 e. The highest BCUT2D eigenvalue weighted by Gasteiger charge is 2.29. The van der Waals surface area contributed by atoms with Crippen LogP contribution in [0, 0.1) is 0 Å².